The van der Waals surface area contributed by atoms with Crippen molar-refractivity contribution in [3.8, 4) is 11.6 Å². The summed E-state index contributed by atoms with van der Waals surface area (Å²) in [7, 11) is 0. The van der Waals surface area contributed by atoms with Gasteiger partial charge in [0.25, 0.3) is 5.88 Å². The van der Waals surface area contributed by atoms with E-state index in [1.165, 1.54) is 18.2 Å². The molecule has 0 amide bonds. The van der Waals surface area contributed by atoms with E-state index >= 15 is 0 Å². The molecule has 0 radical (unpaired) electrons. The van der Waals surface area contributed by atoms with Gasteiger partial charge in [-0.25, -0.2) is 9.97 Å². The van der Waals surface area contributed by atoms with E-state index in [4.69, 9.17) is 27.9 Å². The van der Waals surface area contributed by atoms with Crippen LogP contribution in [0, 0.1) is 24.0 Å². The van der Waals surface area contributed by atoms with Crippen molar-refractivity contribution in [1.29, 1.82) is 0 Å². The highest BCUT2D eigenvalue weighted by Crippen LogP contribution is 2.35. The number of aromatic nitrogens is 2. The van der Waals surface area contributed by atoms with Crippen LogP contribution in [0.2, 0.25) is 10.2 Å². The summed E-state index contributed by atoms with van der Waals surface area (Å²) in [6.07, 6.45) is 0. The summed E-state index contributed by atoms with van der Waals surface area (Å²) in [6, 6.07) is 3.98. The Morgan fingerprint density at radius 2 is 1.85 bits per heavy atom. The third-order valence-electron chi connectivity index (χ3n) is 2.56. The second-order valence-corrected chi connectivity index (χ2v) is 4.76. The Morgan fingerprint density at radius 3 is 2.50 bits per heavy atom. The number of hydrogen-bond acceptors (Lipinski definition) is 5. The quantitative estimate of drug-likeness (QED) is 0.629. The Bertz CT molecular complexity index is 692. The second-order valence-electron chi connectivity index (χ2n) is 3.96. The zero-order chi connectivity index (χ0) is 14.9. The Labute approximate surface area is 124 Å². The van der Waals surface area contributed by atoms with Gasteiger partial charge in [-0.3, -0.25) is 10.1 Å². The summed E-state index contributed by atoms with van der Waals surface area (Å²) >= 11 is 11.7. The number of nitro groups is 1. The molecule has 0 saturated carbocycles. The molecule has 0 aliphatic heterocycles. The predicted octanol–water partition coefficient (Wildman–Crippen LogP) is 4.10. The van der Waals surface area contributed by atoms with Gasteiger partial charge in [0.05, 0.1) is 16.3 Å². The molecular weight excluding hydrogens is 305 g/mol. The van der Waals surface area contributed by atoms with Crippen molar-refractivity contribution >= 4 is 28.9 Å². The lowest BCUT2D eigenvalue weighted by molar-refractivity contribution is -0.385. The van der Waals surface area contributed by atoms with Crippen molar-refractivity contribution < 1.29 is 9.66 Å². The highest BCUT2D eigenvalue weighted by Gasteiger charge is 2.19. The molecule has 2 rings (SSSR count). The molecule has 6 nitrogen and oxygen atoms in total. The zero-order valence-electron chi connectivity index (χ0n) is 10.6. The zero-order valence-corrected chi connectivity index (χ0v) is 12.1. The van der Waals surface area contributed by atoms with Crippen molar-refractivity contribution in [2.24, 2.45) is 0 Å². The van der Waals surface area contributed by atoms with E-state index in [0.717, 1.165) is 0 Å². The minimum Gasteiger partial charge on any atom is -0.429 e. The standard InChI is InChI=1S/C12H9Cl2N3O3/c1-6-7(2)16-12(11(14)15-6)20-10-5-8(13)3-4-9(10)17(18)19/h3-5H,1-2H3. The molecule has 0 bridgehead atoms. The van der Waals surface area contributed by atoms with E-state index in [1.54, 1.807) is 13.8 Å². The number of aryl methyl sites for hydroxylation is 2. The lowest BCUT2D eigenvalue weighted by Gasteiger charge is -2.08. The fraction of sp³-hybridized carbons (Fsp3) is 0.167. The van der Waals surface area contributed by atoms with E-state index in [0.29, 0.717) is 16.4 Å². The third kappa shape index (κ3) is 2.97. The van der Waals surface area contributed by atoms with Gasteiger partial charge < -0.3 is 4.74 Å². The average molecular weight is 314 g/mol. The lowest BCUT2D eigenvalue weighted by Crippen LogP contribution is -1.99. The number of halogens is 2. The molecule has 104 valence electrons. The number of ether oxygens (including phenoxy) is 1. The van der Waals surface area contributed by atoms with Gasteiger partial charge in [0.2, 0.25) is 5.75 Å². The van der Waals surface area contributed by atoms with Gasteiger partial charge in [0, 0.05) is 17.2 Å². The molecule has 0 unspecified atom stereocenters. The SMILES string of the molecule is Cc1nc(Cl)c(Oc2cc(Cl)ccc2[N+](=O)[O-])nc1C. The molecule has 2 aromatic rings. The number of benzene rings is 1. The third-order valence-corrected chi connectivity index (χ3v) is 3.04. The molecular formula is C12H9Cl2N3O3. The van der Waals surface area contributed by atoms with Crippen molar-refractivity contribution in [3.63, 3.8) is 0 Å². The summed E-state index contributed by atoms with van der Waals surface area (Å²) < 4.78 is 5.39. The van der Waals surface area contributed by atoms with Crippen molar-refractivity contribution in [3.05, 3.63) is 49.9 Å². The molecule has 1 aromatic heterocycles. The van der Waals surface area contributed by atoms with Crippen LogP contribution in [0.3, 0.4) is 0 Å². The van der Waals surface area contributed by atoms with Gasteiger partial charge in [-0.05, 0) is 19.9 Å². The first-order chi connectivity index (χ1) is 9.38. The van der Waals surface area contributed by atoms with Crippen LogP contribution in [0.25, 0.3) is 0 Å². The van der Waals surface area contributed by atoms with Crippen LogP contribution in [0.4, 0.5) is 5.69 Å². The summed E-state index contributed by atoms with van der Waals surface area (Å²) in [4.78, 5) is 18.5. The molecule has 0 aliphatic carbocycles. The summed E-state index contributed by atoms with van der Waals surface area (Å²) in [6.45, 7) is 3.48. The fourth-order valence-electron chi connectivity index (χ4n) is 1.44. The number of hydrogen-bond donors (Lipinski definition) is 0. The Balaban J connectivity index is 2.47. The molecule has 8 heteroatoms. The summed E-state index contributed by atoms with van der Waals surface area (Å²) in [5.74, 6) is -0.0397. The van der Waals surface area contributed by atoms with Crippen LogP contribution in [0.15, 0.2) is 18.2 Å². The van der Waals surface area contributed by atoms with Gasteiger partial charge in [-0.15, -0.1) is 0 Å². The van der Waals surface area contributed by atoms with E-state index in [1.807, 2.05) is 0 Å². The maximum Gasteiger partial charge on any atom is 0.311 e. The topological polar surface area (TPSA) is 78.2 Å². The molecule has 0 saturated heterocycles. The molecule has 0 atom stereocenters. The Morgan fingerprint density at radius 1 is 1.20 bits per heavy atom. The van der Waals surface area contributed by atoms with E-state index < -0.39 is 4.92 Å². The van der Waals surface area contributed by atoms with E-state index in [2.05, 4.69) is 9.97 Å². The second kappa shape index (κ2) is 5.60. The first kappa shape index (κ1) is 14.5. The molecule has 0 fully saturated rings. The van der Waals surface area contributed by atoms with Gasteiger partial charge in [0.15, 0.2) is 5.15 Å². The first-order valence-electron chi connectivity index (χ1n) is 5.51. The number of rotatable bonds is 3. The van der Waals surface area contributed by atoms with Gasteiger partial charge in [0.1, 0.15) is 0 Å². The minimum atomic E-state index is -0.575. The van der Waals surface area contributed by atoms with Crippen molar-refractivity contribution in [2.45, 2.75) is 13.8 Å². The lowest BCUT2D eigenvalue weighted by atomic mass is 10.3. The van der Waals surface area contributed by atoms with Gasteiger partial charge in [-0.1, -0.05) is 23.2 Å². The molecule has 1 heterocycles. The van der Waals surface area contributed by atoms with Crippen molar-refractivity contribution in [1.82, 2.24) is 9.97 Å². The van der Waals surface area contributed by atoms with Crippen LogP contribution in [0.5, 0.6) is 11.6 Å². The van der Waals surface area contributed by atoms with Crippen LogP contribution >= 0.6 is 23.2 Å². The van der Waals surface area contributed by atoms with Gasteiger partial charge in [-0.2, -0.15) is 0 Å². The fourth-order valence-corrected chi connectivity index (χ4v) is 1.81. The summed E-state index contributed by atoms with van der Waals surface area (Å²) in [5.41, 5.74) is 1.04. The largest absolute Gasteiger partial charge is 0.429 e. The van der Waals surface area contributed by atoms with Crippen LogP contribution < -0.4 is 4.74 Å². The molecule has 20 heavy (non-hydrogen) atoms. The molecule has 0 N–H and O–H groups in total. The first-order valence-corrected chi connectivity index (χ1v) is 6.26. The minimum absolute atomic E-state index is 0.000123. The average Bonchev–Trinajstić information content (AvgIpc) is 2.35. The van der Waals surface area contributed by atoms with Crippen LogP contribution in [0.1, 0.15) is 11.4 Å². The number of nitrogens with zero attached hydrogens (tertiary/aromatic N) is 3. The predicted molar refractivity (Wildman–Crippen MR) is 74.7 cm³/mol. The van der Waals surface area contributed by atoms with E-state index in [-0.39, 0.29) is 22.5 Å². The van der Waals surface area contributed by atoms with Crippen LogP contribution in [-0.4, -0.2) is 14.9 Å². The Kier molecular flexibility index (Phi) is 4.06. The van der Waals surface area contributed by atoms with Crippen LogP contribution in [-0.2, 0) is 0 Å². The monoisotopic (exact) mass is 313 g/mol. The number of nitro benzene ring substituents is 1. The smallest absolute Gasteiger partial charge is 0.311 e. The summed E-state index contributed by atoms with van der Waals surface area (Å²) in [5, 5.41) is 11.3. The van der Waals surface area contributed by atoms with E-state index in [9.17, 15) is 10.1 Å². The molecule has 1 aromatic carbocycles. The Hall–Kier alpha value is -1.92. The highest BCUT2D eigenvalue weighted by molar-refractivity contribution is 6.31. The highest BCUT2D eigenvalue weighted by atomic mass is 35.5. The maximum atomic E-state index is 10.9. The van der Waals surface area contributed by atoms with Crippen molar-refractivity contribution in [2.75, 3.05) is 0 Å². The normalized spacial score (nSPS) is 10.4. The molecule has 0 spiro atoms. The maximum absolute atomic E-state index is 10.9. The van der Waals surface area contributed by atoms with Gasteiger partial charge >= 0.3 is 5.69 Å². The molecule has 0 aliphatic rings.